The van der Waals surface area contributed by atoms with Crippen LogP contribution in [0.25, 0.3) is 0 Å². The third-order valence-electron chi connectivity index (χ3n) is 2.69. The number of primary amides is 1. The van der Waals surface area contributed by atoms with Crippen molar-refractivity contribution in [3.05, 3.63) is 23.3 Å². The SMILES string of the molecule is CC(O)COc1c(C(N)=O)ccc(NC(C)(C)C)c1C(F)(F)F. The van der Waals surface area contributed by atoms with Crippen molar-refractivity contribution in [2.24, 2.45) is 5.73 Å². The van der Waals surface area contributed by atoms with E-state index in [1.54, 1.807) is 20.8 Å². The van der Waals surface area contributed by atoms with E-state index in [2.05, 4.69) is 5.32 Å². The monoisotopic (exact) mass is 334 g/mol. The maximum absolute atomic E-state index is 13.5. The minimum absolute atomic E-state index is 0.226. The average Bonchev–Trinajstić information content (AvgIpc) is 2.32. The van der Waals surface area contributed by atoms with Crippen molar-refractivity contribution in [1.82, 2.24) is 0 Å². The van der Waals surface area contributed by atoms with E-state index in [1.165, 1.54) is 13.0 Å². The van der Waals surface area contributed by atoms with Crippen LogP contribution >= 0.6 is 0 Å². The van der Waals surface area contributed by atoms with Crippen LogP contribution in [0.15, 0.2) is 12.1 Å². The number of nitrogens with two attached hydrogens (primary N) is 1. The highest BCUT2D eigenvalue weighted by atomic mass is 19.4. The number of nitrogens with one attached hydrogen (secondary N) is 1. The van der Waals surface area contributed by atoms with Crippen LogP contribution in [-0.2, 0) is 6.18 Å². The molecule has 0 bridgehead atoms. The fraction of sp³-hybridized carbons (Fsp3) is 0.533. The molecule has 0 spiro atoms. The van der Waals surface area contributed by atoms with Gasteiger partial charge in [0.15, 0.2) is 0 Å². The summed E-state index contributed by atoms with van der Waals surface area (Å²) < 4.78 is 45.6. The minimum Gasteiger partial charge on any atom is -0.489 e. The van der Waals surface area contributed by atoms with E-state index in [0.29, 0.717) is 0 Å². The Bertz CT molecular complexity index is 579. The number of anilines is 1. The zero-order valence-corrected chi connectivity index (χ0v) is 13.4. The number of aliphatic hydroxyl groups excluding tert-OH is 1. The van der Waals surface area contributed by atoms with Crippen molar-refractivity contribution in [2.75, 3.05) is 11.9 Å². The molecule has 0 aliphatic carbocycles. The number of ether oxygens (including phenoxy) is 1. The van der Waals surface area contributed by atoms with Gasteiger partial charge in [-0.2, -0.15) is 13.2 Å². The third-order valence-corrected chi connectivity index (χ3v) is 2.69. The largest absolute Gasteiger partial charge is 0.489 e. The highest BCUT2D eigenvalue weighted by Crippen LogP contribution is 2.44. The van der Waals surface area contributed by atoms with Crippen LogP contribution in [0.4, 0.5) is 18.9 Å². The number of alkyl halides is 3. The molecular weight excluding hydrogens is 313 g/mol. The van der Waals surface area contributed by atoms with E-state index in [0.717, 1.165) is 6.07 Å². The Labute approximate surface area is 132 Å². The Morgan fingerprint density at radius 3 is 2.30 bits per heavy atom. The summed E-state index contributed by atoms with van der Waals surface area (Å²) in [6.07, 6.45) is -5.77. The lowest BCUT2D eigenvalue weighted by Gasteiger charge is -2.27. The van der Waals surface area contributed by atoms with Gasteiger partial charge in [-0.3, -0.25) is 4.79 Å². The fourth-order valence-corrected chi connectivity index (χ4v) is 1.92. The second kappa shape index (κ2) is 6.66. The van der Waals surface area contributed by atoms with Crippen molar-refractivity contribution < 1.29 is 27.8 Å². The van der Waals surface area contributed by atoms with Gasteiger partial charge < -0.3 is 20.9 Å². The van der Waals surface area contributed by atoms with Gasteiger partial charge in [-0.05, 0) is 39.8 Å². The number of hydrogen-bond acceptors (Lipinski definition) is 4. The topological polar surface area (TPSA) is 84.6 Å². The highest BCUT2D eigenvalue weighted by Gasteiger charge is 2.40. The van der Waals surface area contributed by atoms with E-state index in [-0.39, 0.29) is 5.69 Å². The molecule has 0 aliphatic rings. The quantitative estimate of drug-likeness (QED) is 0.773. The molecule has 4 N–H and O–H groups in total. The van der Waals surface area contributed by atoms with Crippen molar-refractivity contribution >= 4 is 11.6 Å². The van der Waals surface area contributed by atoms with E-state index in [4.69, 9.17) is 10.5 Å². The van der Waals surface area contributed by atoms with Crippen LogP contribution < -0.4 is 15.8 Å². The van der Waals surface area contributed by atoms with Crippen molar-refractivity contribution in [3.63, 3.8) is 0 Å². The van der Waals surface area contributed by atoms with Gasteiger partial charge in [0.2, 0.25) is 0 Å². The number of hydrogen-bond donors (Lipinski definition) is 3. The molecule has 0 saturated carbocycles. The summed E-state index contributed by atoms with van der Waals surface area (Å²) in [5.74, 6) is -1.72. The molecule has 23 heavy (non-hydrogen) atoms. The summed E-state index contributed by atoms with van der Waals surface area (Å²) in [6.45, 7) is 6.05. The Morgan fingerprint density at radius 2 is 1.91 bits per heavy atom. The van der Waals surface area contributed by atoms with Crippen LogP contribution in [0, 0.1) is 0 Å². The van der Waals surface area contributed by atoms with E-state index in [9.17, 15) is 23.1 Å². The van der Waals surface area contributed by atoms with E-state index in [1.807, 2.05) is 0 Å². The summed E-state index contributed by atoms with van der Waals surface area (Å²) >= 11 is 0. The summed E-state index contributed by atoms with van der Waals surface area (Å²) in [5, 5.41) is 12.0. The van der Waals surface area contributed by atoms with Gasteiger partial charge in [0.1, 0.15) is 17.9 Å². The van der Waals surface area contributed by atoms with E-state index >= 15 is 0 Å². The predicted octanol–water partition coefficient (Wildman–Crippen LogP) is 2.77. The molecule has 0 radical (unpaired) electrons. The Hall–Kier alpha value is -1.96. The first kappa shape index (κ1) is 19.1. The van der Waals surface area contributed by atoms with Crippen molar-refractivity contribution in [1.29, 1.82) is 0 Å². The molecule has 1 aromatic rings. The zero-order chi connectivity index (χ0) is 18.0. The fourth-order valence-electron chi connectivity index (χ4n) is 1.92. The Kier molecular flexibility index (Phi) is 5.52. The van der Waals surface area contributed by atoms with Gasteiger partial charge in [-0.25, -0.2) is 0 Å². The number of rotatable bonds is 5. The number of aliphatic hydroxyl groups is 1. The maximum Gasteiger partial charge on any atom is 0.421 e. The second-order valence-corrected chi connectivity index (χ2v) is 6.26. The summed E-state index contributed by atoms with van der Waals surface area (Å²) in [7, 11) is 0. The van der Waals surface area contributed by atoms with E-state index < -0.39 is 47.2 Å². The van der Waals surface area contributed by atoms with Crippen LogP contribution in [0.1, 0.15) is 43.6 Å². The predicted molar refractivity (Wildman–Crippen MR) is 80.5 cm³/mol. The molecule has 1 amide bonds. The lowest BCUT2D eigenvalue weighted by atomic mass is 10.0. The zero-order valence-electron chi connectivity index (χ0n) is 13.4. The molecule has 0 fully saturated rings. The Morgan fingerprint density at radius 1 is 1.35 bits per heavy atom. The second-order valence-electron chi connectivity index (χ2n) is 6.26. The van der Waals surface area contributed by atoms with Gasteiger partial charge in [0, 0.05) is 5.54 Å². The molecule has 0 heterocycles. The normalized spacial score (nSPS) is 13.6. The molecule has 1 aromatic carbocycles. The summed E-state index contributed by atoms with van der Waals surface area (Å²) in [4.78, 5) is 11.4. The van der Waals surface area contributed by atoms with Gasteiger partial charge >= 0.3 is 6.18 Å². The molecule has 0 aliphatic heterocycles. The number of carbonyl (C=O) groups excluding carboxylic acids is 1. The molecule has 1 rings (SSSR count). The lowest BCUT2D eigenvalue weighted by molar-refractivity contribution is -0.138. The summed E-state index contributed by atoms with van der Waals surface area (Å²) in [5.41, 5.74) is 2.76. The molecule has 0 aromatic heterocycles. The average molecular weight is 334 g/mol. The standard InChI is InChI=1S/C15H21F3N2O3/c1-8(21)7-23-12-9(13(19)22)5-6-10(20-14(2,3)4)11(12)15(16,17)18/h5-6,8,20-21H,7H2,1-4H3,(H2,19,22). The molecule has 5 nitrogen and oxygen atoms in total. The molecule has 1 unspecified atom stereocenters. The van der Waals surface area contributed by atoms with Crippen LogP contribution in [-0.4, -0.2) is 29.3 Å². The first-order valence-electron chi connectivity index (χ1n) is 6.96. The van der Waals surface area contributed by atoms with Crippen molar-refractivity contribution in [3.8, 4) is 5.75 Å². The third kappa shape index (κ3) is 5.31. The molecule has 0 saturated heterocycles. The van der Waals surface area contributed by atoms with Crippen molar-refractivity contribution in [2.45, 2.75) is 45.5 Å². The molecule has 130 valence electrons. The van der Waals surface area contributed by atoms with Gasteiger partial charge in [-0.15, -0.1) is 0 Å². The molecular formula is C15H21F3N2O3. The highest BCUT2D eigenvalue weighted by molar-refractivity contribution is 5.97. The molecule has 8 heteroatoms. The van der Waals surface area contributed by atoms with Gasteiger partial charge in [0.05, 0.1) is 17.4 Å². The van der Waals surface area contributed by atoms with Crippen LogP contribution in [0.5, 0.6) is 5.75 Å². The lowest BCUT2D eigenvalue weighted by Crippen LogP contribution is -2.29. The number of halogens is 3. The Balaban J connectivity index is 3.56. The summed E-state index contributed by atoms with van der Waals surface area (Å²) in [6, 6.07) is 2.31. The number of benzene rings is 1. The van der Waals surface area contributed by atoms with Crippen LogP contribution in [0.2, 0.25) is 0 Å². The first-order valence-corrected chi connectivity index (χ1v) is 6.96. The maximum atomic E-state index is 13.5. The minimum atomic E-state index is -4.77. The number of carbonyl (C=O) groups is 1. The van der Waals surface area contributed by atoms with Gasteiger partial charge in [0.25, 0.3) is 5.91 Å². The molecule has 1 atom stereocenters. The van der Waals surface area contributed by atoms with Crippen LogP contribution in [0.3, 0.4) is 0 Å². The van der Waals surface area contributed by atoms with Gasteiger partial charge in [-0.1, -0.05) is 0 Å². The first-order chi connectivity index (χ1) is 10.3. The smallest absolute Gasteiger partial charge is 0.421 e. The number of amides is 1.